The van der Waals surface area contributed by atoms with E-state index in [1.165, 1.54) is 12.1 Å². The first-order valence-electron chi connectivity index (χ1n) is 8.69. The first kappa shape index (κ1) is 17.1. The van der Waals surface area contributed by atoms with E-state index in [-0.39, 0.29) is 11.9 Å². The van der Waals surface area contributed by atoms with E-state index in [2.05, 4.69) is 15.2 Å². The Labute approximate surface area is 164 Å². The fourth-order valence-electron chi connectivity index (χ4n) is 3.18. The fraction of sp³-hybridized carbons (Fsp3) is 0.150. The molecule has 0 saturated carbocycles. The van der Waals surface area contributed by atoms with E-state index in [1.807, 2.05) is 22.9 Å². The van der Waals surface area contributed by atoms with E-state index in [4.69, 9.17) is 20.9 Å². The zero-order chi connectivity index (χ0) is 19.1. The summed E-state index contributed by atoms with van der Waals surface area (Å²) in [5.74, 6) is 0.507. The van der Waals surface area contributed by atoms with Crippen molar-refractivity contribution in [1.29, 1.82) is 0 Å². The molecule has 1 aliphatic rings. The van der Waals surface area contributed by atoms with Crippen LogP contribution in [0.3, 0.4) is 0 Å². The summed E-state index contributed by atoms with van der Waals surface area (Å²) in [6.07, 6.45) is -0.189. The summed E-state index contributed by atoms with van der Waals surface area (Å²) in [4.78, 5) is 4.43. The quantitative estimate of drug-likeness (QED) is 0.503. The van der Waals surface area contributed by atoms with Crippen LogP contribution in [0.15, 0.2) is 59.1 Å². The average molecular weight is 397 g/mol. The molecule has 0 spiro atoms. The Bertz CT molecular complexity index is 1140. The molecule has 28 heavy (non-hydrogen) atoms. The van der Waals surface area contributed by atoms with Gasteiger partial charge in [-0.3, -0.25) is 4.68 Å². The second-order valence-corrected chi connectivity index (χ2v) is 6.92. The number of fused-ring (bicyclic) bond motifs is 1. The molecule has 140 valence electrons. The molecular weight excluding hydrogens is 383 g/mol. The number of aromatic nitrogens is 4. The molecule has 3 heterocycles. The molecule has 0 aliphatic carbocycles. The first-order valence-corrected chi connectivity index (χ1v) is 9.07. The van der Waals surface area contributed by atoms with Gasteiger partial charge in [0.05, 0.1) is 18.8 Å². The molecule has 2 aromatic heterocycles. The van der Waals surface area contributed by atoms with Crippen molar-refractivity contribution in [3.8, 4) is 23.0 Å². The van der Waals surface area contributed by atoms with Crippen LogP contribution in [-0.4, -0.2) is 19.9 Å². The molecule has 1 aliphatic heterocycles. The van der Waals surface area contributed by atoms with Gasteiger partial charge < -0.3 is 9.26 Å². The number of hydrogen-bond acceptors (Lipinski definition) is 5. The second-order valence-electron chi connectivity index (χ2n) is 6.49. The molecule has 0 bridgehead atoms. The maximum absolute atomic E-state index is 13.1. The van der Waals surface area contributed by atoms with E-state index in [0.29, 0.717) is 35.6 Å². The van der Waals surface area contributed by atoms with Crippen molar-refractivity contribution in [1.82, 2.24) is 19.9 Å². The minimum atomic E-state index is -0.270. The van der Waals surface area contributed by atoms with Gasteiger partial charge in [-0.1, -0.05) is 41.0 Å². The smallest absolute Gasteiger partial charge is 0.278 e. The van der Waals surface area contributed by atoms with Crippen LogP contribution < -0.4 is 0 Å². The van der Waals surface area contributed by atoms with Crippen LogP contribution in [0.25, 0.3) is 23.0 Å². The molecule has 6 nitrogen and oxygen atoms in total. The summed E-state index contributed by atoms with van der Waals surface area (Å²) in [5.41, 5.74) is 3.17. The van der Waals surface area contributed by atoms with Crippen LogP contribution in [0.1, 0.15) is 17.4 Å². The van der Waals surface area contributed by atoms with Gasteiger partial charge in [0.15, 0.2) is 5.69 Å². The highest BCUT2D eigenvalue weighted by molar-refractivity contribution is 6.30. The van der Waals surface area contributed by atoms with Crippen molar-refractivity contribution in [3.05, 3.63) is 76.7 Å². The van der Waals surface area contributed by atoms with E-state index >= 15 is 0 Å². The fourth-order valence-corrected chi connectivity index (χ4v) is 3.37. The Kier molecular flexibility index (Phi) is 4.18. The van der Waals surface area contributed by atoms with Crippen molar-refractivity contribution >= 4 is 11.6 Å². The standard InChI is InChI=1S/C20H14ClFN4O2/c21-14-3-1-2-13(8-14)19-23-20(28-25-19)17-9-16-11-27-18(10-26(16)24-17)12-4-6-15(22)7-5-12/h1-9,18H,10-11H2. The molecule has 0 fully saturated rings. The molecule has 0 amide bonds. The van der Waals surface area contributed by atoms with Gasteiger partial charge in [0, 0.05) is 10.6 Å². The first-order chi connectivity index (χ1) is 13.7. The number of ether oxygens (including phenoxy) is 1. The van der Waals surface area contributed by atoms with Gasteiger partial charge in [0.1, 0.15) is 11.9 Å². The zero-order valence-electron chi connectivity index (χ0n) is 14.5. The van der Waals surface area contributed by atoms with E-state index in [0.717, 1.165) is 16.8 Å². The van der Waals surface area contributed by atoms with Gasteiger partial charge >= 0.3 is 0 Å². The van der Waals surface area contributed by atoms with Crippen LogP contribution in [0.5, 0.6) is 0 Å². The highest BCUT2D eigenvalue weighted by atomic mass is 35.5. The lowest BCUT2D eigenvalue weighted by Crippen LogP contribution is -2.21. The normalized spacial score (nSPS) is 16.1. The van der Waals surface area contributed by atoms with Gasteiger partial charge in [-0.05, 0) is 35.9 Å². The van der Waals surface area contributed by atoms with Gasteiger partial charge in [-0.15, -0.1) is 0 Å². The topological polar surface area (TPSA) is 66.0 Å². The molecular formula is C20H14ClFN4O2. The van der Waals surface area contributed by atoms with Crippen LogP contribution in [-0.2, 0) is 17.9 Å². The third-order valence-electron chi connectivity index (χ3n) is 4.60. The number of nitrogens with zero attached hydrogens (tertiary/aromatic N) is 4. The van der Waals surface area contributed by atoms with Gasteiger partial charge in [-0.25, -0.2) is 4.39 Å². The monoisotopic (exact) mass is 396 g/mol. The summed E-state index contributed by atoms with van der Waals surface area (Å²) in [5, 5.41) is 9.20. The van der Waals surface area contributed by atoms with E-state index in [1.54, 1.807) is 24.3 Å². The summed E-state index contributed by atoms with van der Waals surface area (Å²) >= 11 is 6.02. The predicted octanol–water partition coefficient (Wildman–Crippen LogP) is 4.66. The van der Waals surface area contributed by atoms with Crippen LogP contribution >= 0.6 is 11.6 Å². The molecule has 8 heteroatoms. The minimum Gasteiger partial charge on any atom is -0.365 e. The molecule has 5 rings (SSSR count). The van der Waals surface area contributed by atoms with Crippen molar-refractivity contribution in [2.45, 2.75) is 19.3 Å². The number of halogens is 2. The Hall–Kier alpha value is -3.03. The summed E-state index contributed by atoms with van der Waals surface area (Å²) in [6, 6.07) is 15.4. The molecule has 2 aromatic carbocycles. The van der Waals surface area contributed by atoms with Crippen LogP contribution in [0.4, 0.5) is 4.39 Å². The molecule has 0 radical (unpaired) electrons. The lowest BCUT2D eigenvalue weighted by molar-refractivity contribution is -0.00116. The maximum Gasteiger partial charge on any atom is 0.278 e. The number of hydrogen-bond donors (Lipinski definition) is 0. The minimum absolute atomic E-state index is 0.189. The molecule has 0 saturated heterocycles. The van der Waals surface area contributed by atoms with Crippen molar-refractivity contribution in [2.75, 3.05) is 0 Å². The number of benzene rings is 2. The summed E-state index contributed by atoms with van der Waals surface area (Å²) in [7, 11) is 0. The highest BCUT2D eigenvalue weighted by Crippen LogP contribution is 2.29. The maximum atomic E-state index is 13.1. The average Bonchev–Trinajstić information content (AvgIpc) is 3.35. The lowest BCUT2D eigenvalue weighted by Gasteiger charge is -2.24. The van der Waals surface area contributed by atoms with Gasteiger partial charge in [0.25, 0.3) is 5.89 Å². The summed E-state index contributed by atoms with van der Waals surface area (Å²) < 4.78 is 26.3. The predicted molar refractivity (Wildman–Crippen MR) is 99.9 cm³/mol. The Balaban J connectivity index is 1.40. The summed E-state index contributed by atoms with van der Waals surface area (Å²) in [6.45, 7) is 0.917. The van der Waals surface area contributed by atoms with E-state index in [9.17, 15) is 4.39 Å². The van der Waals surface area contributed by atoms with E-state index < -0.39 is 0 Å². The molecule has 4 aromatic rings. The molecule has 1 unspecified atom stereocenters. The highest BCUT2D eigenvalue weighted by Gasteiger charge is 2.24. The van der Waals surface area contributed by atoms with Gasteiger partial charge in [-0.2, -0.15) is 10.1 Å². The SMILES string of the molecule is Fc1ccc(C2Cn3nc(-c4nc(-c5cccc(Cl)c5)no4)cc3CO2)cc1. The largest absolute Gasteiger partial charge is 0.365 e. The Morgan fingerprint density at radius 2 is 1.96 bits per heavy atom. The third kappa shape index (κ3) is 3.19. The molecule has 0 N–H and O–H groups in total. The van der Waals surface area contributed by atoms with Crippen LogP contribution in [0.2, 0.25) is 5.02 Å². The molecule has 1 atom stereocenters. The van der Waals surface area contributed by atoms with Crippen molar-refractivity contribution in [3.63, 3.8) is 0 Å². The third-order valence-corrected chi connectivity index (χ3v) is 4.84. The van der Waals surface area contributed by atoms with Crippen molar-refractivity contribution < 1.29 is 13.7 Å². The second kappa shape index (κ2) is 6.85. The van der Waals surface area contributed by atoms with Crippen LogP contribution in [0, 0.1) is 5.82 Å². The zero-order valence-corrected chi connectivity index (χ0v) is 15.3. The Morgan fingerprint density at radius 1 is 1.11 bits per heavy atom. The Morgan fingerprint density at radius 3 is 2.79 bits per heavy atom. The number of rotatable bonds is 3. The van der Waals surface area contributed by atoms with Gasteiger partial charge in [0.2, 0.25) is 5.82 Å². The lowest BCUT2D eigenvalue weighted by atomic mass is 10.1. The van der Waals surface area contributed by atoms with Crippen molar-refractivity contribution in [2.24, 2.45) is 0 Å².